The molecule has 2 saturated heterocycles. The van der Waals surface area contributed by atoms with Gasteiger partial charge in [0.15, 0.2) is 0 Å². The number of rotatable bonds is 11. The van der Waals surface area contributed by atoms with Crippen molar-refractivity contribution < 1.29 is 14.7 Å². The number of aliphatic hydroxyl groups is 1. The summed E-state index contributed by atoms with van der Waals surface area (Å²) in [6.07, 6.45) is 0. The van der Waals surface area contributed by atoms with Crippen LogP contribution in [0.1, 0.15) is 43.0 Å². The van der Waals surface area contributed by atoms with Gasteiger partial charge in [0.2, 0.25) is 0 Å². The minimum Gasteiger partial charge on any atom is -0.395 e. The molecule has 0 aromatic heterocycles. The summed E-state index contributed by atoms with van der Waals surface area (Å²) in [5, 5.41) is 9.75. The molecule has 3 aliphatic heterocycles. The third-order valence-corrected chi connectivity index (χ3v) is 10.8. The number of carbonyl (C=O) groups is 2. The second-order valence-electron chi connectivity index (χ2n) is 14.6. The Hall–Kier alpha value is -4.96. The van der Waals surface area contributed by atoms with Gasteiger partial charge in [-0.1, -0.05) is 133 Å². The van der Waals surface area contributed by atoms with E-state index in [1.54, 1.807) is 12.1 Å². The number of hydrogen-bond donors (Lipinski definition) is 1. The van der Waals surface area contributed by atoms with Crippen LogP contribution in [0.15, 0.2) is 146 Å². The lowest BCUT2D eigenvalue weighted by Crippen LogP contribution is -2.56. The molecule has 0 spiro atoms. The first-order valence-electron chi connectivity index (χ1n) is 19.2. The number of imide groups is 1. The van der Waals surface area contributed by atoms with Crippen LogP contribution in [0.3, 0.4) is 0 Å². The highest BCUT2D eigenvalue weighted by Gasteiger charge is 2.39. The van der Waals surface area contributed by atoms with Crippen LogP contribution in [-0.4, -0.2) is 106 Å². The maximum Gasteiger partial charge on any atom is 0.261 e. The van der Waals surface area contributed by atoms with Crippen LogP contribution in [0, 0.1) is 0 Å². The van der Waals surface area contributed by atoms with Crippen LogP contribution < -0.4 is 0 Å². The topological polar surface area (TPSA) is 70.6 Å². The van der Waals surface area contributed by atoms with E-state index in [0.717, 1.165) is 65.4 Å². The number of hydrogen-bond acceptors (Lipinski definition) is 7. The van der Waals surface area contributed by atoms with Gasteiger partial charge < -0.3 is 5.11 Å². The van der Waals surface area contributed by atoms with Gasteiger partial charge in [0.05, 0.1) is 17.7 Å². The lowest BCUT2D eigenvalue weighted by molar-refractivity contribution is 0.0316. The molecule has 2 amide bonds. The Balaban J connectivity index is 0.000000179. The SMILES string of the molecule is O=C1c2ccccc2C(=O)N1CC1CN(Cc2ccccc2)CCN1Cc1ccccc1.OCC1CN(Cc2ccccc2)CCN1Cc1ccccc1. The maximum absolute atomic E-state index is 13.0. The Labute approximate surface area is 319 Å². The summed E-state index contributed by atoms with van der Waals surface area (Å²) in [5.74, 6) is -0.351. The van der Waals surface area contributed by atoms with Gasteiger partial charge in [0.25, 0.3) is 11.8 Å². The molecule has 278 valence electrons. The second kappa shape index (κ2) is 18.4. The van der Waals surface area contributed by atoms with Crippen LogP contribution in [0.2, 0.25) is 0 Å². The largest absolute Gasteiger partial charge is 0.395 e. The van der Waals surface area contributed by atoms with Crippen molar-refractivity contribution in [2.24, 2.45) is 0 Å². The van der Waals surface area contributed by atoms with Crippen molar-refractivity contribution in [3.63, 3.8) is 0 Å². The molecule has 5 aromatic carbocycles. The molecule has 1 N–H and O–H groups in total. The Morgan fingerprint density at radius 2 is 0.796 bits per heavy atom. The molecule has 2 unspecified atom stereocenters. The summed E-state index contributed by atoms with van der Waals surface area (Å²) in [6, 6.07) is 49.4. The van der Waals surface area contributed by atoms with Crippen molar-refractivity contribution in [2.75, 3.05) is 52.4 Å². The molecule has 0 aliphatic carbocycles. The molecule has 54 heavy (non-hydrogen) atoms. The molecule has 3 aliphatic rings. The van der Waals surface area contributed by atoms with Crippen molar-refractivity contribution in [3.8, 4) is 0 Å². The molecule has 0 bridgehead atoms. The quantitative estimate of drug-likeness (QED) is 0.167. The number of benzene rings is 5. The molecule has 0 saturated carbocycles. The molecule has 8 rings (SSSR count). The zero-order valence-corrected chi connectivity index (χ0v) is 31.0. The van der Waals surface area contributed by atoms with Crippen LogP contribution in [-0.2, 0) is 26.2 Å². The first kappa shape index (κ1) is 37.4. The summed E-state index contributed by atoms with van der Waals surface area (Å²) in [5.41, 5.74) is 6.22. The Morgan fingerprint density at radius 3 is 1.20 bits per heavy atom. The number of piperazine rings is 2. The number of fused-ring (bicyclic) bond motifs is 1. The van der Waals surface area contributed by atoms with Crippen LogP contribution in [0.25, 0.3) is 0 Å². The number of carbonyl (C=O) groups excluding carboxylic acids is 2. The summed E-state index contributed by atoms with van der Waals surface area (Å²) in [6.45, 7) is 9.87. The zero-order valence-electron chi connectivity index (χ0n) is 31.0. The van der Waals surface area contributed by atoms with E-state index in [1.807, 2.05) is 30.3 Å². The first-order chi connectivity index (χ1) is 26.5. The minimum absolute atomic E-state index is 0.0786. The third kappa shape index (κ3) is 9.58. The van der Waals surface area contributed by atoms with E-state index in [0.29, 0.717) is 17.7 Å². The Bertz CT molecular complexity index is 1890. The molecule has 8 heteroatoms. The van der Waals surface area contributed by atoms with E-state index < -0.39 is 0 Å². The standard InChI is InChI=1S/C27H27N3O2.C19H24N2O/c31-26-24-13-7-8-14-25(24)27(32)30(26)20-23-19-28(17-21-9-3-1-4-10-21)15-16-29(23)18-22-11-5-2-6-12-22;22-16-19-15-20(13-17-7-3-1-4-8-17)11-12-21(19)14-18-9-5-2-6-10-18/h1-14,23H,15-20H2;1-10,19,22H,11-16H2. The third-order valence-electron chi connectivity index (χ3n) is 10.8. The molecule has 0 radical (unpaired) electrons. The minimum atomic E-state index is -0.176. The Morgan fingerprint density at radius 1 is 0.444 bits per heavy atom. The predicted octanol–water partition coefficient (Wildman–Crippen LogP) is 6.03. The van der Waals surface area contributed by atoms with Gasteiger partial charge in [0.1, 0.15) is 0 Å². The van der Waals surface area contributed by atoms with Crippen molar-refractivity contribution in [3.05, 3.63) is 179 Å². The van der Waals surface area contributed by atoms with E-state index in [1.165, 1.54) is 27.2 Å². The van der Waals surface area contributed by atoms with Gasteiger partial charge in [0, 0.05) is 84.1 Å². The number of amides is 2. The van der Waals surface area contributed by atoms with Crippen LogP contribution in [0.5, 0.6) is 0 Å². The number of nitrogens with zero attached hydrogens (tertiary/aromatic N) is 5. The van der Waals surface area contributed by atoms with Gasteiger partial charge in [-0.3, -0.25) is 34.1 Å². The van der Waals surface area contributed by atoms with Gasteiger partial charge >= 0.3 is 0 Å². The molecule has 3 heterocycles. The highest BCUT2D eigenvalue weighted by atomic mass is 16.3. The first-order valence-corrected chi connectivity index (χ1v) is 19.2. The highest BCUT2D eigenvalue weighted by Crippen LogP contribution is 2.25. The summed E-state index contributed by atoms with van der Waals surface area (Å²) in [4.78, 5) is 37.1. The fraction of sp³-hybridized carbons (Fsp3) is 0.304. The molecule has 2 fully saturated rings. The zero-order chi connectivity index (χ0) is 37.1. The smallest absolute Gasteiger partial charge is 0.261 e. The van der Waals surface area contributed by atoms with E-state index in [4.69, 9.17) is 0 Å². The number of aliphatic hydroxyl groups excluding tert-OH is 1. The fourth-order valence-electron chi connectivity index (χ4n) is 7.90. The lowest BCUT2D eigenvalue weighted by atomic mass is 10.1. The molecule has 2 atom stereocenters. The van der Waals surface area contributed by atoms with Crippen LogP contribution in [0.4, 0.5) is 0 Å². The monoisotopic (exact) mass is 721 g/mol. The van der Waals surface area contributed by atoms with Crippen molar-refractivity contribution in [1.82, 2.24) is 24.5 Å². The predicted molar refractivity (Wildman–Crippen MR) is 214 cm³/mol. The van der Waals surface area contributed by atoms with Crippen LogP contribution >= 0.6 is 0 Å². The van der Waals surface area contributed by atoms with E-state index in [-0.39, 0.29) is 30.5 Å². The average molecular weight is 722 g/mol. The van der Waals surface area contributed by atoms with Crippen molar-refractivity contribution >= 4 is 11.8 Å². The van der Waals surface area contributed by atoms with Gasteiger partial charge in [-0.05, 0) is 34.4 Å². The molecule has 8 nitrogen and oxygen atoms in total. The van der Waals surface area contributed by atoms with Gasteiger partial charge in [-0.25, -0.2) is 0 Å². The van der Waals surface area contributed by atoms with Crippen molar-refractivity contribution in [1.29, 1.82) is 0 Å². The molecule has 5 aromatic rings. The maximum atomic E-state index is 13.0. The Kier molecular flexibility index (Phi) is 12.7. The van der Waals surface area contributed by atoms with Gasteiger partial charge in [-0.15, -0.1) is 0 Å². The van der Waals surface area contributed by atoms with Gasteiger partial charge in [-0.2, -0.15) is 0 Å². The summed E-state index contributed by atoms with van der Waals surface area (Å²) >= 11 is 0. The highest BCUT2D eigenvalue weighted by molar-refractivity contribution is 6.21. The molecular formula is C46H51N5O3. The van der Waals surface area contributed by atoms with E-state index in [2.05, 4.69) is 123 Å². The normalized spacial score (nSPS) is 19.7. The lowest BCUT2D eigenvalue weighted by Gasteiger charge is -2.42. The van der Waals surface area contributed by atoms with E-state index >= 15 is 0 Å². The average Bonchev–Trinajstić information content (AvgIpc) is 3.46. The summed E-state index contributed by atoms with van der Waals surface area (Å²) in [7, 11) is 0. The summed E-state index contributed by atoms with van der Waals surface area (Å²) < 4.78 is 0. The fourth-order valence-corrected chi connectivity index (χ4v) is 7.90. The van der Waals surface area contributed by atoms with Crippen molar-refractivity contribution in [2.45, 2.75) is 38.3 Å². The molecular weight excluding hydrogens is 671 g/mol. The van der Waals surface area contributed by atoms with E-state index in [9.17, 15) is 14.7 Å². The second-order valence-corrected chi connectivity index (χ2v) is 14.6.